The number of hydrogen-bond acceptors (Lipinski definition) is 5. The van der Waals surface area contributed by atoms with Crippen LogP contribution in [0.5, 0.6) is 0 Å². The van der Waals surface area contributed by atoms with Crippen molar-refractivity contribution in [3.05, 3.63) is 181 Å². The largest absolute Gasteiger partial charge is 0.499 e. The molecule has 0 amide bonds. The summed E-state index contributed by atoms with van der Waals surface area (Å²) in [5.74, 6) is 1.32. The van der Waals surface area contributed by atoms with Crippen molar-refractivity contribution in [1.82, 2.24) is 19.5 Å². The quantitative estimate of drug-likeness (QED) is 0.155. The Labute approximate surface area is 387 Å². The fourth-order valence-corrected chi connectivity index (χ4v) is 8.54. The van der Waals surface area contributed by atoms with Crippen LogP contribution >= 0.6 is 0 Å². The number of rotatable bonds is 6. The summed E-state index contributed by atoms with van der Waals surface area (Å²) in [6.07, 6.45) is 1.95. The molecule has 6 nitrogen and oxygen atoms in total. The molecular weight excluding hydrogens is 965 g/mol. The molecule has 0 atom stereocenters. The van der Waals surface area contributed by atoms with Gasteiger partial charge >= 0.3 is 0 Å². The van der Waals surface area contributed by atoms with Gasteiger partial charge in [-0.3, -0.25) is 4.98 Å². The van der Waals surface area contributed by atoms with Gasteiger partial charge in [0.05, 0.1) is 27.8 Å². The molecular formula is C57H48IrN4O2-2. The Hall–Kier alpha value is -6.66. The van der Waals surface area contributed by atoms with Gasteiger partial charge in [-0.1, -0.05) is 127 Å². The first-order chi connectivity index (χ1) is 30.5. The first-order valence-corrected chi connectivity index (χ1v) is 21.7. The number of furan rings is 2. The third-order valence-electron chi connectivity index (χ3n) is 11.9. The minimum absolute atomic E-state index is 0. The zero-order valence-corrected chi connectivity index (χ0v) is 39.4. The molecule has 5 heterocycles. The van der Waals surface area contributed by atoms with E-state index in [1.54, 1.807) is 0 Å². The third kappa shape index (κ3) is 7.74. The maximum Gasteiger partial charge on any atom is 0.228 e. The summed E-state index contributed by atoms with van der Waals surface area (Å²) in [5.41, 5.74) is 15.9. The number of imidazole rings is 1. The minimum Gasteiger partial charge on any atom is -0.499 e. The molecule has 0 aliphatic heterocycles. The second-order valence-corrected chi connectivity index (χ2v) is 17.9. The Morgan fingerprint density at radius 1 is 0.609 bits per heavy atom. The van der Waals surface area contributed by atoms with Crippen LogP contribution in [0.15, 0.2) is 161 Å². The molecule has 6 aromatic carbocycles. The van der Waals surface area contributed by atoms with Crippen molar-refractivity contribution in [2.24, 2.45) is 0 Å². The summed E-state index contributed by atoms with van der Waals surface area (Å²) in [6, 6.07) is 56.6. The Morgan fingerprint density at radius 3 is 2.03 bits per heavy atom. The predicted molar refractivity (Wildman–Crippen MR) is 259 cm³/mol. The Bertz CT molecular complexity index is 3400. The van der Waals surface area contributed by atoms with Gasteiger partial charge in [-0.05, 0) is 92.5 Å². The van der Waals surface area contributed by atoms with E-state index in [-0.39, 0.29) is 37.4 Å². The van der Waals surface area contributed by atoms with Crippen molar-refractivity contribution in [1.29, 1.82) is 0 Å². The zero-order chi connectivity index (χ0) is 43.4. The second-order valence-electron chi connectivity index (χ2n) is 17.9. The van der Waals surface area contributed by atoms with E-state index in [1.807, 2.05) is 72.9 Å². The van der Waals surface area contributed by atoms with Gasteiger partial charge in [0.1, 0.15) is 16.7 Å². The molecule has 0 spiro atoms. The molecule has 0 aliphatic rings. The molecule has 0 aliphatic carbocycles. The van der Waals surface area contributed by atoms with Crippen LogP contribution in [0.25, 0.3) is 94.6 Å². The Morgan fingerprint density at radius 2 is 1.33 bits per heavy atom. The number of hydrogen-bond donors (Lipinski definition) is 0. The van der Waals surface area contributed by atoms with Gasteiger partial charge in [0.25, 0.3) is 0 Å². The van der Waals surface area contributed by atoms with Crippen LogP contribution < -0.4 is 0 Å². The average molecular weight is 1010 g/mol. The molecule has 0 fully saturated rings. The van der Waals surface area contributed by atoms with Gasteiger partial charge in [0, 0.05) is 37.4 Å². The first kappa shape index (κ1) is 42.6. The molecule has 0 bridgehead atoms. The SMILES string of the molecule is CC(C)(C)c1ccc(-c2[c-]cccc2)nc1.CC(C)c1cc(-c2ccccc2)cc(C(C)C)c1-n1c(-c2[c-]ccc3c2oc2cc4c(nc23)oc2ccccc24)nc2ccccc21.[Ir]. The van der Waals surface area contributed by atoms with Crippen molar-refractivity contribution in [3.8, 4) is 39.5 Å². The van der Waals surface area contributed by atoms with Crippen molar-refractivity contribution < 1.29 is 28.9 Å². The van der Waals surface area contributed by atoms with Gasteiger partial charge in [-0.15, -0.1) is 54.1 Å². The van der Waals surface area contributed by atoms with E-state index >= 15 is 0 Å². The maximum absolute atomic E-state index is 6.69. The molecule has 64 heavy (non-hydrogen) atoms. The third-order valence-corrected chi connectivity index (χ3v) is 11.9. The zero-order valence-electron chi connectivity index (χ0n) is 37.0. The summed E-state index contributed by atoms with van der Waals surface area (Å²) >= 11 is 0. The number of benzene rings is 6. The predicted octanol–water partition coefficient (Wildman–Crippen LogP) is 15.4. The van der Waals surface area contributed by atoms with Crippen molar-refractivity contribution in [2.45, 2.75) is 65.7 Å². The molecule has 319 valence electrons. The van der Waals surface area contributed by atoms with E-state index in [9.17, 15) is 0 Å². The summed E-state index contributed by atoms with van der Waals surface area (Å²) in [4.78, 5) is 14.7. The van der Waals surface area contributed by atoms with Crippen LogP contribution in [0.1, 0.15) is 77.0 Å². The Kier molecular flexibility index (Phi) is 11.4. The maximum atomic E-state index is 6.69. The van der Waals surface area contributed by atoms with Crippen LogP contribution in [0, 0.1) is 12.1 Å². The molecule has 11 aromatic rings. The minimum atomic E-state index is 0. The van der Waals surface area contributed by atoms with Gasteiger partial charge in [0.15, 0.2) is 0 Å². The van der Waals surface area contributed by atoms with Crippen LogP contribution in [0.4, 0.5) is 0 Å². The van der Waals surface area contributed by atoms with Crippen LogP contribution in [-0.2, 0) is 25.5 Å². The van der Waals surface area contributed by atoms with E-state index in [2.05, 4.69) is 149 Å². The number of aromatic nitrogens is 4. The summed E-state index contributed by atoms with van der Waals surface area (Å²) < 4.78 is 15.2. The number of nitrogens with zero attached hydrogens (tertiary/aromatic N) is 4. The number of para-hydroxylation sites is 3. The summed E-state index contributed by atoms with van der Waals surface area (Å²) in [7, 11) is 0. The summed E-state index contributed by atoms with van der Waals surface area (Å²) in [5, 5.41) is 2.86. The molecule has 0 saturated carbocycles. The molecule has 0 N–H and O–H groups in total. The van der Waals surface area contributed by atoms with E-state index in [0.717, 1.165) is 60.9 Å². The molecule has 0 saturated heterocycles. The van der Waals surface area contributed by atoms with E-state index in [1.165, 1.54) is 33.5 Å². The van der Waals surface area contributed by atoms with Gasteiger partial charge in [-0.2, -0.15) is 0 Å². The topological polar surface area (TPSA) is 69.9 Å². The van der Waals surface area contributed by atoms with Crippen LogP contribution in [0.3, 0.4) is 0 Å². The van der Waals surface area contributed by atoms with E-state index in [4.69, 9.17) is 18.8 Å². The monoisotopic (exact) mass is 1010 g/mol. The second kappa shape index (κ2) is 17.1. The number of fused-ring (bicyclic) bond motifs is 7. The summed E-state index contributed by atoms with van der Waals surface area (Å²) in [6.45, 7) is 15.7. The fraction of sp³-hybridized carbons (Fsp3) is 0.175. The van der Waals surface area contributed by atoms with Gasteiger partial charge in [0.2, 0.25) is 5.71 Å². The van der Waals surface area contributed by atoms with Gasteiger partial charge in [-0.25, -0.2) is 4.98 Å². The van der Waals surface area contributed by atoms with Crippen LogP contribution in [-0.4, -0.2) is 19.5 Å². The first-order valence-electron chi connectivity index (χ1n) is 21.7. The van der Waals surface area contributed by atoms with E-state index < -0.39 is 0 Å². The Balaban J connectivity index is 0.000000258. The smallest absolute Gasteiger partial charge is 0.228 e. The molecule has 5 aromatic heterocycles. The molecule has 11 rings (SSSR count). The fourth-order valence-electron chi connectivity index (χ4n) is 8.54. The van der Waals surface area contributed by atoms with Crippen molar-refractivity contribution in [3.63, 3.8) is 0 Å². The molecule has 7 heteroatoms. The molecule has 1 radical (unpaired) electrons. The van der Waals surface area contributed by atoms with Gasteiger partial charge < -0.3 is 18.4 Å². The standard InChI is InChI=1S/C42H32N3O2.C15H16N.Ir/c1-24(2)31-21-27(26-13-6-5-7-14-26)22-32(25(3)4)39(31)45-35-19-10-9-18-34(35)43-41(45)30-17-12-16-29-38-37(46-40(29)30)23-33-28-15-8-11-20-36(28)47-42(33)44-38;1-15(2,3)13-9-10-14(16-11-13)12-7-5-4-6-8-12;/h5-16,18-25H,1-4H3;4-7,9-11H,1-3H3;/q2*-1;. The van der Waals surface area contributed by atoms with E-state index in [0.29, 0.717) is 16.9 Å². The van der Waals surface area contributed by atoms with Crippen LogP contribution in [0.2, 0.25) is 0 Å². The normalized spacial score (nSPS) is 11.8. The average Bonchev–Trinajstić information content (AvgIpc) is 3.99. The van der Waals surface area contributed by atoms with Crippen molar-refractivity contribution in [2.75, 3.05) is 0 Å². The molecule has 0 unspecified atom stereocenters. The number of pyridine rings is 2. The van der Waals surface area contributed by atoms with Crippen molar-refractivity contribution >= 4 is 55.2 Å².